The maximum absolute atomic E-state index is 12.4. The number of carbonyl (C=O) groups excluding carboxylic acids is 1. The lowest BCUT2D eigenvalue weighted by atomic mass is 10.2. The van der Waals surface area contributed by atoms with Crippen LogP contribution in [0.5, 0.6) is 0 Å². The van der Waals surface area contributed by atoms with Gasteiger partial charge in [0.1, 0.15) is 10.7 Å². The Morgan fingerprint density at radius 3 is 2.69 bits per heavy atom. The van der Waals surface area contributed by atoms with Crippen LogP contribution in [0.3, 0.4) is 0 Å². The molecule has 1 aliphatic rings. The fraction of sp³-hybridized carbons (Fsp3) is 0.235. The second-order valence-electron chi connectivity index (χ2n) is 5.68. The average molecular weight is 388 g/mol. The molecule has 9 heteroatoms. The van der Waals surface area contributed by atoms with Gasteiger partial charge in [0.05, 0.1) is 6.26 Å². The minimum Gasteiger partial charge on any atom is -0.463 e. The lowest BCUT2D eigenvalue weighted by Gasteiger charge is -2.27. The van der Waals surface area contributed by atoms with Crippen LogP contribution in [0.1, 0.15) is 10.4 Å². The molecule has 0 unspecified atom stereocenters. The minimum atomic E-state index is -0.762. The van der Waals surface area contributed by atoms with Crippen LogP contribution in [0.15, 0.2) is 47.3 Å². The number of nitrogens with zero attached hydrogens (tertiary/aromatic N) is 3. The predicted molar refractivity (Wildman–Crippen MR) is 102 cm³/mol. The van der Waals surface area contributed by atoms with Gasteiger partial charge in [-0.3, -0.25) is 19.3 Å². The maximum atomic E-state index is 12.4. The zero-order valence-electron chi connectivity index (χ0n) is 13.8. The van der Waals surface area contributed by atoms with Crippen molar-refractivity contribution in [2.45, 2.75) is 0 Å². The molecule has 3 aromatic heterocycles. The van der Waals surface area contributed by atoms with Gasteiger partial charge >= 0.3 is 0 Å². The Hall–Kier alpha value is -2.52. The van der Waals surface area contributed by atoms with Crippen molar-refractivity contribution in [3.05, 3.63) is 48.5 Å². The largest absolute Gasteiger partial charge is 0.463 e. The van der Waals surface area contributed by atoms with Crippen LogP contribution in [0.25, 0.3) is 11.5 Å². The quantitative estimate of drug-likeness (QED) is 0.739. The van der Waals surface area contributed by atoms with Crippen molar-refractivity contribution in [1.29, 1.82) is 0 Å². The molecule has 1 amide bonds. The van der Waals surface area contributed by atoms with Crippen LogP contribution >= 0.6 is 11.3 Å². The van der Waals surface area contributed by atoms with Crippen LogP contribution < -0.4 is 10.2 Å². The van der Waals surface area contributed by atoms with Crippen molar-refractivity contribution in [2.75, 3.05) is 34.8 Å². The monoisotopic (exact) mass is 388 g/mol. The lowest BCUT2D eigenvalue weighted by Crippen LogP contribution is -2.37. The zero-order chi connectivity index (χ0) is 17.9. The number of nitrogens with one attached hydrogen (secondary N) is 1. The zero-order valence-corrected chi connectivity index (χ0v) is 15.4. The summed E-state index contributed by atoms with van der Waals surface area (Å²) in [6.45, 7) is 1.39. The summed E-state index contributed by atoms with van der Waals surface area (Å²) in [4.78, 5) is 23.0. The third kappa shape index (κ3) is 3.54. The van der Waals surface area contributed by atoms with E-state index < -0.39 is 10.8 Å². The van der Waals surface area contributed by atoms with E-state index in [2.05, 4.69) is 20.2 Å². The highest BCUT2D eigenvalue weighted by Crippen LogP contribution is 2.39. The van der Waals surface area contributed by atoms with Crippen LogP contribution in [0.4, 0.5) is 10.1 Å². The standard InChI is InChI=1S/C17H16N4O3S2/c22-15(12-3-5-18-6-4-12)20-17-19-14(13-2-1-9-24-13)16(25-17)21-7-10-26(23)11-8-21/h1-6,9H,7-8,10-11H2,(H,19,20,22). The van der Waals surface area contributed by atoms with Gasteiger partial charge in [0, 0.05) is 53.4 Å². The van der Waals surface area contributed by atoms with Gasteiger partial charge in [-0.1, -0.05) is 11.3 Å². The van der Waals surface area contributed by atoms with Crippen molar-refractivity contribution in [2.24, 2.45) is 0 Å². The number of carbonyl (C=O) groups is 1. The number of aromatic nitrogens is 2. The molecule has 4 heterocycles. The normalized spacial score (nSPS) is 15.2. The Morgan fingerprint density at radius 1 is 1.23 bits per heavy atom. The summed E-state index contributed by atoms with van der Waals surface area (Å²) < 4.78 is 17.2. The molecule has 1 fully saturated rings. The molecular weight excluding hydrogens is 372 g/mol. The van der Waals surface area contributed by atoms with Gasteiger partial charge in [-0.2, -0.15) is 0 Å². The van der Waals surface area contributed by atoms with Gasteiger partial charge in [-0.15, -0.1) is 0 Å². The van der Waals surface area contributed by atoms with Crippen molar-refractivity contribution >= 4 is 38.2 Å². The van der Waals surface area contributed by atoms with E-state index in [9.17, 15) is 9.00 Å². The fourth-order valence-corrected chi connectivity index (χ4v) is 4.74. The summed E-state index contributed by atoms with van der Waals surface area (Å²) in [6.07, 6.45) is 4.74. The van der Waals surface area contributed by atoms with Crippen molar-refractivity contribution in [3.63, 3.8) is 0 Å². The second-order valence-corrected chi connectivity index (χ2v) is 8.35. The third-order valence-electron chi connectivity index (χ3n) is 3.99. The average Bonchev–Trinajstić information content (AvgIpc) is 3.33. The Balaban J connectivity index is 1.63. The number of amides is 1. The number of hydrogen-bond acceptors (Lipinski definition) is 7. The molecule has 4 rings (SSSR count). The Morgan fingerprint density at radius 2 is 2.00 bits per heavy atom. The Labute approximate surface area is 156 Å². The summed E-state index contributed by atoms with van der Waals surface area (Å²) in [6, 6.07) is 6.95. The van der Waals surface area contributed by atoms with Gasteiger partial charge in [-0.25, -0.2) is 4.98 Å². The van der Waals surface area contributed by atoms with E-state index in [0.29, 0.717) is 46.7 Å². The van der Waals surface area contributed by atoms with Gasteiger partial charge in [0.15, 0.2) is 10.9 Å². The summed E-state index contributed by atoms with van der Waals surface area (Å²) in [5.41, 5.74) is 1.21. The second kappa shape index (κ2) is 7.38. The molecule has 1 saturated heterocycles. The van der Waals surface area contributed by atoms with Crippen LogP contribution in [-0.2, 0) is 10.8 Å². The number of thiazole rings is 1. The highest BCUT2D eigenvalue weighted by atomic mass is 32.2. The van der Waals surface area contributed by atoms with Gasteiger partial charge in [0.2, 0.25) is 0 Å². The molecule has 0 radical (unpaired) electrons. The molecule has 3 aromatic rings. The van der Waals surface area contributed by atoms with E-state index in [-0.39, 0.29) is 5.91 Å². The molecule has 0 atom stereocenters. The van der Waals surface area contributed by atoms with Crippen molar-refractivity contribution in [3.8, 4) is 11.5 Å². The van der Waals surface area contributed by atoms with E-state index in [1.54, 1.807) is 36.9 Å². The summed E-state index contributed by atoms with van der Waals surface area (Å²) in [7, 11) is -0.762. The highest BCUT2D eigenvalue weighted by Gasteiger charge is 2.24. The summed E-state index contributed by atoms with van der Waals surface area (Å²) in [5.74, 6) is 1.67. The van der Waals surface area contributed by atoms with Crippen molar-refractivity contribution in [1.82, 2.24) is 9.97 Å². The molecule has 134 valence electrons. The SMILES string of the molecule is O=C(Nc1nc(-c2ccco2)c(N2CCS(=O)CC2)s1)c1ccncc1. The number of furan rings is 1. The molecule has 0 spiro atoms. The molecule has 1 N–H and O–H groups in total. The van der Waals surface area contributed by atoms with Crippen LogP contribution in [0, 0.1) is 0 Å². The predicted octanol–water partition coefficient (Wildman–Crippen LogP) is 2.62. The van der Waals surface area contributed by atoms with Gasteiger partial charge in [0.25, 0.3) is 5.91 Å². The molecular formula is C17H16N4O3S2. The first-order valence-corrected chi connectivity index (χ1v) is 10.4. The molecule has 0 aliphatic carbocycles. The molecule has 7 nitrogen and oxygen atoms in total. The van der Waals surface area contributed by atoms with Crippen LogP contribution in [0.2, 0.25) is 0 Å². The van der Waals surface area contributed by atoms with E-state index in [4.69, 9.17) is 4.42 Å². The summed E-state index contributed by atoms with van der Waals surface area (Å²) in [5, 5.41) is 4.26. The van der Waals surface area contributed by atoms with Crippen molar-refractivity contribution < 1.29 is 13.4 Å². The first kappa shape index (κ1) is 16.9. The first-order chi connectivity index (χ1) is 12.7. The molecule has 1 aliphatic heterocycles. The number of anilines is 2. The highest BCUT2D eigenvalue weighted by molar-refractivity contribution is 7.85. The van der Waals surface area contributed by atoms with E-state index in [0.717, 1.165) is 5.00 Å². The molecule has 0 aromatic carbocycles. The number of rotatable bonds is 4. The van der Waals surface area contributed by atoms with Gasteiger partial charge in [-0.05, 0) is 24.3 Å². The molecule has 26 heavy (non-hydrogen) atoms. The molecule has 0 saturated carbocycles. The fourth-order valence-electron chi connectivity index (χ4n) is 2.67. The van der Waals surface area contributed by atoms with Gasteiger partial charge < -0.3 is 9.32 Å². The Kier molecular flexibility index (Phi) is 4.81. The lowest BCUT2D eigenvalue weighted by molar-refractivity contribution is 0.102. The molecule has 0 bridgehead atoms. The van der Waals surface area contributed by atoms with Crippen LogP contribution in [-0.4, -0.2) is 44.7 Å². The van der Waals surface area contributed by atoms with E-state index >= 15 is 0 Å². The smallest absolute Gasteiger partial charge is 0.257 e. The maximum Gasteiger partial charge on any atom is 0.257 e. The number of pyridine rings is 1. The third-order valence-corrected chi connectivity index (χ3v) is 6.30. The van der Waals surface area contributed by atoms with E-state index in [1.807, 2.05) is 6.07 Å². The minimum absolute atomic E-state index is 0.238. The van der Waals surface area contributed by atoms with E-state index in [1.165, 1.54) is 11.3 Å². The number of hydrogen-bond donors (Lipinski definition) is 1. The Bertz CT molecular complexity index is 915. The summed E-state index contributed by atoms with van der Waals surface area (Å²) >= 11 is 1.40. The first-order valence-electron chi connectivity index (χ1n) is 8.07. The topological polar surface area (TPSA) is 88.3 Å².